The van der Waals surface area contributed by atoms with Crippen LogP contribution < -0.4 is 0 Å². The second-order valence-corrected chi connectivity index (χ2v) is 6.62. The Bertz CT molecular complexity index is 690. The van der Waals surface area contributed by atoms with Gasteiger partial charge in [-0.3, -0.25) is 4.79 Å². The van der Waals surface area contributed by atoms with E-state index < -0.39 is 0 Å². The summed E-state index contributed by atoms with van der Waals surface area (Å²) in [5.74, 6) is 0.378. The number of benzene rings is 2. The molecular formula is C21H25NO2. The Labute approximate surface area is 143 Å². The maximum Gasteiger partial charge on any atom is 0.223 e. The number of hydrogen-bond donors (Lipinski definition) is 1. The van der Waals surface area contributed by atoms with Gasteiger partial charge in [0.25, 0.3) is 0 Å². The summed E-state index contributed by atoms with van der Waals surface area (Å²) in [4.78, 5) is 14.8. The minimum Gasteiger partial charge on any atom is -0.507 e. The first-order valence-electron chi connectivity index (χ1n) is 8.78. The molecular weight excluding hydrogens is 298 g/mol. The Morgan fingerprint density at radius 2 is 1.75 bits per heavy atom. The summed E-state index contributed by atoms with van der Waals surface area (Å²) < 4.78 is 0. The van der Waals surface area contributed by atoms with Crippen LogP contribution in [0.5, 0.6) is 5.75 Å². The van der Waals surface area contributed by atoms with E-state index in [1.54, 1.807) is 0 Å². The third-order valence-electron chi connectivity index (χ3n) is 4.93. The molecule has 0 unspecified atom stereocenters. The average Bonchev–Trinajstić information content (AvgIpc) is 2.63. The zero-order valence-corrected chi connectivity index (χ0v) is 14.2. The fourth-order valence-corrected chi connectivity index (χ4v) is 3.50. The van der Waals surface area contributed by atoms with Crippen LogP contribution in [-0.4, -0.2) is 29.0 Å². The van der Waals surface area contributed by atoms with Crippen LogP contribution in [0.15, 0.2) is 48.5 Å². The number of aromatic hydroxyl groups is 1. The molecule has 3 heteroatoms. The van der Waals surface area contributed by atoms with Crippen LogP contribution in [0.3, 0.4) is 0 Å². The molecule has 0 bridgehead atoms. The van der Waals surface area contributed by atoms with Crippen molar-refractivity contribution in [1.29, 1.82) is 0 Å². The molecule has 24 heavy (non-hydrogen) atoms. The molecule has 0 saturated carbocycles. The molecule has 2 aromatic rings. The summed E-state index contributed by atoms with van der Waals surface area (Å²) in [6, 6.07) is 15.8. The molecule has 1 aliphatic heterocycles. The predicted octanol–water partition coefficient (Wildman–Crippen LogP) is 4.24. The number of aryl methyl sites for hydroxylation is 1. The number of amides is 1. The number of piperidine rings is 1. The van der Waals surface area contributed by atoms with E-state index in [4.69, 9.17) is 0 Å². The van der Waals surface area contributed by atoms with Gasteiger partial charge in [0.2, 0.25) is 5.91 Å². The Morgan fingerprint density at radius 3 is 2.46 bits per heavy atom. The van der Waals surface area contributed by atoms with E-state index >= 15 is 0 Å². The van der Waals surface area contributed by atoms with Crippen molar-refractivity contribution in [3.05, 3.63) is 65.2 Å². The lowest BCUT2D eigenvalue weighted by atomic mass is 9.86. The fourth-order valence-electron chi connectivity index (χ4n) is 3.50. The van der Waals surface area contributed by atoms with Gasteiger partial charge in [0.1, 0.15) is 5.75 Å². The first-order valence-corrected chi connectivity index (χ1v) is 8.78. The van der Waals surface area contributed by atoms with Gasteiger partial charge in [0.15, 0.2) is 0 Å². The molecule has 1 atom stereocenters. The fraction of sp³-hybridized carbons (Fsp3) is 0.381. The molecule has 1 aliphatic rings. The van der Waals surface area contributed by atoms with Crippen molar-refractivity contribution in [2.24, 2.45) is 0 Å². The smallest absolute Gasteiger partial charge is 0.223 e. The maximum absolute atomic E-state index is 12.8. The quantitative estimate of drug-likeness (QED) is 0.914. The summed E-state index contributed by atoms with van der Waals surface area (Å²) in [6.45, 7) is 3.62. The van der Waals surface area contributed by atoms with Gasteiger partial charge in [0.05, 0.1) is 0 Å². The normalized spacial score (nSPS) is 16.0. The van der Waals surface area contributed by atoms with E-state index in [2.05, 4.69) is 0 Å². The van der Waals surface area contributed by atoms with Gasteiger partial charge in [-0.25, -0.2) is 0 Å². The summed E-state index contributed by atoms with van der Waals surface area (Å²) in [5, 5.41) is 10.5. The number of carbonyl (C=O) groups excluding carboxylic acids is 1. The lowest BCUT2D eigenvalue weighted by molar-refractivity contribution is -0.132. The van der Waals surface area contributed by atoms with Gasteiger partial charge in [-0.2, -0.15) is 0 Å². The molecule has 1 N–H and O–H groups in total. The van der Waals surface area contributed by atoms with Crippen molar-refractivity contribution in [1.82, 2.24) is 4.90 Å². The van der Waals surface area contributed by atoms with E-state index in [1.807, 2.05) is 60.4 Å². The molecule has 1 fully saturated rings. The number of nitrogens with zero attached hydrogens (tertiary/aromatic N) is 1. The monoisotopic (exact) mass is 323 g/mol. The van der Waals surface area contributed by atoms with Gasteiger partial charge in [0, 0.05) is 31.0 Å². The van der Waals surface area contributed by atoms with Crippen LogP contribution in [0.4, 0.5) is 0 Å². The van der Waals surface area contributed by atoms with E-state index in [-0.39, 0.29) is 11.8 Å². The van der Waals surface area contributed by atoms with Crippen LogP contribution in [0.1, 0.15) is 48.3 Å². The lowest BCUT2D eigenvalue weighted by Gasteiger charge is -2.29. The molecule has 1 amide bonds. The maximum atomic E-state index is 12.8. The van der Waals surface area contributed by atoms with Crippen LogP contribution in [0.25, 0.3) is 0 Å². The second kappa shape index (κ2) is 7.52. The van der Waals surface area contributed by atoms with E-state index in [1.165, 1.54) is 6.42 Å². The molecule has 0 aromatic heterocycles. The summed E-state index contributed by atoms with van der Waals surface area (Å²) in [6.07, 6.45) is 3.81. The Kier molecular flexibility index (Phi) is 5.19. The van der Waals surface area contributed by atoms with Crippen LogP contribution in [-0.2, 0) is 4.79 Å². The zero-order valence-electron chi connectivity index (χ0n) is 14.2. The predicted molar refractivity (Wildman–Crippen MR) is 96.2 cm³/mol. The number of para-hydroxylation sites is 1. The number of carbonyl (C=O) groups is 1. The second-order valence-electron chi connectivity index (χ2n) is 6.62. The summed E-state index contributed by atoms with van der Waals surface area (Å²) in [5.41, 5.74) is 2.76. The third-order valence-corrected chi connectivity index (χ3v) is 4.93. The molecule has 3 rings (SSSR count). The van der Waals surface area contributed by atoms with Crippen molar-refractivity contribution in [2.75, 3.05) is 13.1 Å². The SMILES string of the molecule is Cc1cccc([C@@H](CC(=O)N2CCCCC2)c2ccccc2)c1O. The largest absolute Gasteiger partial charge is 0.507 e. The highest BCUT2D eigenvalue weighted by atomic mass is 16.3. The zero-order chi connectivity index (χ0) is 16.9. The number of phenolic OH excluding ortho intramolecular Hbond substituents is 1. The number of likely N-dealkylation sites (tertiary alicyclic amines) is 1. The summed E-state index contributed by atoms with van der Waals surface area (Å²) in [7, 11) is 0. The van der Waals surface area contributed by atoms with E-state index in [0.717, 1.165) is 42.6 Å². The average molecular weight is 323 g/mol. The first-order chi connectivity index (χ1) is 11.7. The van der Waals surface area contributed by atoms with Gasteiger partial charge >= 0.3 is 0 Å². The van der Waals surface area contributed by atoms with Crippen molar-refractivity contribution in [3.63, 3.8) is 0 Å². The third kappa shape index (κ3) is 3.61. The highest BCUT2D eigenvalue weighted by Crippen LogP contribution is 2.36. The number of rotatable bonds is 4. The number of hydrogen-bond acceptors (Lipinski definition) is 2. The van der Waals surface area contributed by atoms with Gasteiger partial charge in [-0.15, -0.1) is 0 Å². The van der Waals surface area contributed by atoms with E-state index in [9.17, 15) is 9.90 Å². The Morgan fingerprint density at radius 1 is 1.04 bits per heavy atom. The Balaban J connectivity index is 1.91. The molecule has 0 spiro atoms. The standard InChI is InChI=1S/C21H25NO2/c1-16-9-8-12-18(21(16)24)19(17-10-4-2-5-11-17)15-20(23)22-13-6-3-7-14-22/h2,4-5,8-12,19,24H,3,6-7,13-15H2,1H3/t19-/m0/s1. The Hall–Kier alpha value is -2.29. The lowest BCUT2D eigenvalue weighted by Crippen LogP contribution is -2.36. The van der Waals surface area contributed by atoms with Crippen molar-refractivity contribution < 1.29 is 9.90 Å². The van der Waals surface area contributed by atoms with Crippen molar-refractivity contribution >= 4 is 5.91 Å². The minimum absolute atomic E-state index is 0.111. The van der Waals surface area contributed by atoms with Gasteiger partial charge in [-0.05, 0) is 37.3 Å². The molecule has 0 aliphatic carbocycles. The van der Waals surface area contributed by atoms with Crippen LogP contribution in [0.2, 0.25) is 0 Å². The van der Waals surface area contributed by atoms with Gasteiger partial charge < -0.3 is 10.0 Å². The molecule has 126 valence electrons. The highest BCUT2D eigenvalue weighted by molar-refractivity contribution is 5.78. The summed E-state index contributed by atoms with van der Waals surface area (Å²) >= 11 is 0. The number of phenols is 1. The molecule has 2 aromatic carbocycles. The highest BCUT2D eigenvalue weighted by Gasteiger charge is 2.25. The molecule has 1 heterocycles. The molecule has 1 saturated heterocycles. The topological polar surface area (TPSA) is 40.5 Å². The minimum atomic E-state index is -0.111. The van der Waals surface area contributed by atoms with Crippen molar-refractivity contribution in [3.8, 4) is 5.75 Å². The van der Waals surface area contributed by atoms with Crippen molar-refractivity contribution in [2.45, 2.75) is 38.5 Å². The first kappa shape index (κ1) is 16.6. The molecule has 3 nitrogen and oxygen atoms in total. The molecule has 0 radical (unpaired) electrons. The van der Waals surface area contributed by atoms with Gasteiger partial charge in [-0.1, -0.05) is 48.5 Å². The van der Waals surface area contributed by atoms with Crippen LogP contribution in [0, 0.1) is 6.92 Å². The van der Waals surface area contributed by atoms with E-state index in [0.29, 0.717) is 12.2 Å². The van der Waals surface area contributed by atoms with Crippen LogP contribution >= 0.6 is 0 Å².